The van der Waals surface area contributed by atoms with Crippen LogP contribution in [0.2, 0.25) is 10.6 Å². The van der Waals surface area contributed by atoms with Gasteiger partial charge in [-0.05, 0) is 0 Å². The standard InChI is InChI=1S/C16H26N8O4Se/c1-23(2)14(27)7(17)3-4-29-5-8-10(25)11(26)15(28-8)24-6-20-9-12(18)21-16(19)22-13(9)24/h6-8,10-11,15,25-26H,3-5,17H2,1-2H3,(H4,18,19,21,22)/t7?,8-,10-,11-,15-/m1/s1. The van der Waals surface area contributed by atoms with E-state index in [1.807, 2.05) is 0 Å². The molecule has 1 unspecified atom stereocenters. The van der Waals surface area contributed by atoms with Crippen molar-refractivity contribution >= 4 is 43.8 Å². The monoisotopic (exact) mass is 474 g/mol. The normalized spacial score (nSPS) is 25.4. The topological polar surface area (TPSA) is 192 Å². The molecule has 8 N–H and O–H groups in total. The van der Waals surface area contributed by atoms with Crippen molar-refractivity contribution in [2.45, 2.75) is 47.6 Å². The third kappa shape index (κ3) is 4.44. The third-order valence-corrected chi connectivity index (χ3v) is 6.97. The summed E-state index contributed by atoms with van der Waals surface area (Å²) in [6, 6.07) is -0.535. The molecule has 3 heterocycles. The number of imidazole rings is 1. The van der Waals surface area contributed by atoms with E-state index in [1.165, 1.54) is 15.8 Å². The maximum absolute atomic E-state index is 11.8. The van der Waals surface area contributed by atoms with Crippen LogP contribution in [0, 0.1) is 0 Å². The van der Waals surface area contributed by atoms with Crippen LogP contribution in [-0.2, 0) is 9.53 Å². The number of aromatic nitrogens is 4. The van der Waals surface area contributed by atoms with Crippen molar-refractivity contribution in [1.29, 1.82) is 0 Å². The molecule has 1 fully saturated rings. The van der Waals surface area contributed by atoms with Crippen molar-refractivity contribution in [2.75, 3.05) is 25.6 Å². The van der Waals surface area contributed by atoms with Crippen LogP contribution in [0.5, 0.6) is 0 Å². The molecule has 2 aromatic heterocycles. The minimum atomic E-state index is -1.16. The molecule has 13 heteroatoms. The number of carbonyl (C=O) groups is 1. The molecule has 0 radical (unpaired) electrons. The molecule has 5 atom stereocenters. The molecule has 0 aromatic carbocycles. The number of amides is 1. The van der Waals surface area contributed by atoms with Crippen LogP contribution < -0.4 is 17.2 Å². The average molecular weight is 473 g/mol. The second-order valence-corrected chi connectivity index (χ2v) is 9.45. The van der Waals surface area contributed by atoms with Gasteiger partial charge in [0.1, 0.15) is 0 Å². The van der Waals surface area contributed by atoms with Crippen molar-refractivity contribution in [2.24, 2.45) is 5.73 Å². The summed E-state index contributed by atoms with van der Waals surface area (Å²) in [4.78, 5) is 25.4. The van der Waals surface area contributed by atoms with Gasteiger partial charge in [-0.15, -0.1) is 0 Å². The molecule has 160 valence electrons. The molecular formula is C16H26N8O4Se. The van der Waals surface area contributed by atoms with Gasteiger partial charge in [0.2, 0.25) is 0 Å². The van der Waals surface area contributed by atoms with Crippen molar-refractivity contribution in [3.05, 3.63) is 6.33 Å². The Hall–Kier alpha value is -2.02. The number of fused-ring (bicyclic) bond motifs is 1. The van der Waals surface area contributed by atoms with Gasteiger partial charge < -0.3 is 0 Å². The first-order valence-electron chi connectivity index (χ1n) is 9.02. The molecule has 29 heavy (non-hydrogen) atoms. The Morgan fingerprint density at radius 2 is 2.07 bits per heavy atom. The zero-order valence-electron chi connectivity index (χ0n) is 16.2. The molecule has 2 aromatic rings. The molecule has 12 nitrogen and oxygen atoms in total. The Kier molecular flexibility index (Phi) is 6.56. The van der Waals surface area contributed by atoms with Gasteiger partial charge in [0, 0.05) is 0 Å². The molecule has 1 aliphatic heterocycles. The van der Waals surface area contributed by atoms with Crippen molar-refractivity contribution in [1.82, 2.24) is 24.4 Å². The van der Waals surface area contributed by atoms with Gasteiger partial charge in [-0.1, -0.05) is 0 Å². The van der Waals surface area contributed by atoms with E-state index in [1.54, 1.807) is 14.1 Å². The van der Waals surface area contributed by atoms with Gasteiger partial charge >= 0.3 is 173 Å². The number of hydrogen-bond donors (Lipinski definition) is 5. The van der Waals surface area contributed by atoms with E-state index in [4.69, 9.17) is 21.9 Å². The minimum absolute atomic E-state index is 0.0201. The predicted octanol–water partition coefficient (Wildman–Crippen LogP) is -2.04. The fourth-order valence-electron chi connectivity index (χ4n) is 3.10. The number of aliphatic hydroxyl groups excluding tert-OH is 2. The molecular weight excluding hydrogens is 447 g/mol. The van der Waals surface area contributed by atoms with Gasteiger partial charge in [-0.3, -0.25) is 0 Å². The molecule has 0 aliphatic carbocycles. The van der Waals surface area contributed by atoms with Gasteiger partial charge in [-0.2, -0.15) is 0 Å². The Balaban J connectivity index is 1.62. The van der Waals surface area contributed by atoms with Crippen LogP contribution in [0.15, 0.2) is 6.33 Å². The quantitative estimate of drug-likeness (QED) is 0.221. The third-order valence-electron chi connectivity index (χ3n) is 4.69. The first kappa shape index (κ1) is 21.7. The summed E-state index contributed by atoms with van der Waals surface area (Å²) in [6.45, 7) is 0. The summed E-state index contributed by atoms with van der Waals surface area (Å²) in [5.41, 5.74) is 18.0. The van der Waals surface area contributed by atoms with E-state index in [-0.39, 0.29) is 32.6 Å². The Morgan fingerprint density at radius 1 is 1.34 bits per heavy atom. The van der Waals surface area contributed by atoms with E-state index < -0.39 is 30.6 Å². The van der Waals surface area contributed by atoms with Gasteiger partial charge in [0.25, 0.3) is 0 Å². The first-order chi connectivity index (χ1) is 13.7. The number of likely N-dealkylation sites (N-methyl/N-ethyl adjacent to an activating group) is 1. The zero-order chi connectivity index (χ0) is 21.3. The number of carbonyl (C=O) groups excluding carboxylic acids is 1. The van der Waals surface area contributed by atoms with Crippen LogP contribution in [0.25, 0.3) is 11.2 Å². The Morgan fingerprint density at radius 3 is 2.76 bits per heavy atom. The van der Waals surface area contributed by atoms with Gasteiger partial charge in [0.15, 0.2) is 0 Å². The SMILES string of the molecule is CN(C)C(=O)C(N)CC[Se]C[C@H]1O[C@@H](n2cnc3c(N)nc(N)nc32)[C@H](O)[C@@H]1O. The van der Waals surface area contributed by atoms with Crippen molar-refractivity contribution in [3.63, 3.8) is 0 Å². The summed E-state index contributed by atoms with van der Waals surface area (Å²) in [5, 5.41) is 22.2. The number of aliphatic hydroxyl groups is 2. The average Bonchev–Trinajstić information content (AvgIpc) is 3.20. The van der Waals surface area contributed by atoms with Crippen molar-refractivity contribution < 1.29 is 19.7 Å². The summed E-state index contributed by atoms with van der Waals surface area (Å²) >= 11 is 0.0818. The number of hydrogen-bond acceptors (Lipinski definition) is 10. The van der Waals surface area contributed by atoms with E-state index in [0.29, 0.717) is 22.9 Å². The predicted molar refractivity (Wildman–Crippen MR) is 107 cm³/mol. The van der Waals surface area contributed by atoms with E-state index >= 15 is 0 Å². The summed E-state index contributed by atoms with van der Waals surface area (Å²) in [6.07, 6.45) is -1.66. The number of nitrogens with two attached hydrogens (primary N) is 3. The van der Waals surface area contributed by atoms with Crippen LogP contribution in [0.1, 0.15) is 12.6 Å². The molecule has 0 bridgehead atoms. The Labute approximate surface area is 173 Å². The van der Waals surface area contributed by atoms with Crippen LogP contribution in [-0.4, -0.2) is 93.9 Å². The molecule has 0 saturated carbocycles. The van der Waals surface area contributed by atoms with Gasteiger partial charge in [0.05, 0.1) is 0 Å². The van der Waals surface area contributed by atoms with E-state index in [9.17, 15) is 15.0 Å². The zero-order valence-corrected chi connectivity index (χ0v) is 17.9. The molecule has 1 saturated heterocycles. The number of nitrogen functional groups attached to an aromatic ring is 2. The summed E-state index contributed by atoms with van der Waals surface area (Å²) < 4.78 is 7.40. The summed E-state index contributed by atoms with van der Waals surface area (Å²) in [7, 11) is 3.34. The van der Waals surface area contributed by atoms with E-state index in [0.717, 1.165) is 5.32 Å². The van der Waals surface area contributed by atoms with Crippen LogP contribution in [0.3, 0.4) is 0 Å². The Bertz CT molecular complexity index is 878. The van der Waals surface area contributed by atoms with Crippen molar-refractivity contribution in [3.8, 4) is 0 Å². The number of rotatable bonds is 7. The maximum atomic E-state index is 11.8. The molecule has 0 spiro atoms. The molecule has 1 aliphatic rings. The molecule has 3 rings (SSSR count). The fourth-order valence-corrected chi connectivity index (χ4v) is 5.40. The number of nitrogens with zero attached hydrogens (tertiary/aromatic N) is 5. The van der Waals surface area contributed by atoms with Gasteiger partial charge in [-0.25, -0.2) is 0 Å². The van der Waals surface area contributed by atoms with Crippen LogP contribution >= 0.6 is 0 Å². The molecule has 1 amide bonds. The number of anilines is 2. The first-order valence-corrected chi connectivity index (χ1v) is 11.4. The van der Waals surface area contributed by atoms with Crippen LogP contribution in [0.4, 0.5) is 11.8 Å². The summed E-state index contributed by atoms with van der Waals surface area (Å²) in [5.74, 6) is -0.00276. The second-order valence-electron chi connectivity index (χ2n) is 7.04. The van der Waals surface area contributed by atoms with E-state index in [2.05, 4.69) is 15.0 Å². The number of ether oxygens (including phenoxy) is 1. The second kappa shape index (κ2) is 8.78. The fraction of sp³-hybridized carbons (Fsp3) is 0.625.